The first-order valence-electron chi connectivity index (χ1n) is 9.49. The molecule has 2 N–H and O–H groups in total. The predicted molar refractivity (Wildman–Crippen MR) is 115 cm³/mol. The van der Waals surface area contributed by atoms with E-state index in [2.05, 4.69) is 5.32 Å². The van der Waals surface area contributed by atoms with Crippen LogP contribution in [-0.4, -0.2) is 17.1 Å². The third-order valence-corrected chi connectivity index (χ3v) is 5.50. The molecule has 0 bridgehead atoms. The average molecular weight is 462 g/mol. The van der Waals surface area contributed by atoms with E-state index in [0.717, 1.165) is 17.3 Å². The maximum Gasteiger partial charge on any atom is 0.237 e. The summed E-state index contributed by atoms with van der Waals surface area (Å²) in [6, 6.07) is 15.9. The topological polar surface area (TPSA) is 58.2 Å². The van der Waals surface area contributed by atoms with Gasteiger partial charge in [0.15, 0.2) is 23.3 Å². The third-order valence-electron chi connectivity index (χ3n) is 4.39. The van der Waals surface area contributed by atoms with Gasteiger partial charge in [-0.1, -0.05) is 30.3 Å². The van der Waals surface area contributed by atoms with Crippen molar-refractivity contribution in [2.45, 2.75) is 23.5 Å². The number of carbonyl (C=O) groups is 2. The zero-order valence-electron chi connectivity index (χ0n) is 16.8. The molecule has 1 atom stereocenters. The van der Waals surface area contributed by atoms with Crippen LogP contribution in [0.1, 0.15) is 12.5 Å². The normalized spacial score (nSPS) is 11.7. The number of benzene rings is 3. The quantitative estimate of drug-likeness (QED) is 0.275. The van der Waals surface area contributed by atoms with Crippen molar-refractivity contribution < 1.29 is 27.2 Å². The van der Waals surface area contributed by atoms with Gasteiger partial charge in [0.2, 0.25) is 11.8 Å². The van der Waals surface area contributed by atoms with Gasteiger partial charge in [-0.15, -0.1) is 11.8 Å². The average Bonchev–Trinajstić information content (AvgIpc) is 2.77. The summed E-state index contributed by atoms with van der Waals surface area (Å²) in [6.45, 7) is 1.47. The highest BCUT2D eigenvalue weighted by Gasteiger charge is 2.23. The van der Waals surface area contributed by atoms with E-state index in [4.69, 9.17) is 0 Å². The van der Waals surface area contributed by atoms with Crippen molar-refractivity contribution in [2.75, 3.05) is 10.6 Å². The molecule has 0 fully saturated rings. The molecular formula is C23H18F4N2O2S. The first kappa shape index (κ1) is 23.3. The van der Waals surface area contributed by atoms with Crippen molar-refractivity contribution in [1.29, 1.82) is 0 Å². The van der Waals surface area contributed by atoms with Crippen LogP contribution in [0.25, 0.3) is 0 Å². The molecule has 0 aromatic heterocycles. The van der Waals surface area contributed by atoms with Crippen LogP contribution in [0.4, 0.5) is 28.9 Å². The maximum atomic E-state index is 13.7. The van der Waals surface area contributed by atoms with Crippen LogP contribution < -0.4 is 10.6 Å². The molecule has 166 valence electrons. The van der Waals surface area contributed by atoms with E-state index in [0.29, 0.717) is 10.6 Å². The fourth-order valence-electron chi connectivity index (χ4n) is 2.77. The van der Waals surface area contributed by atoms with Crippen LogP contribution in [0.5, 0.6) is 0 Å². The molecule has 0 aliphatic rings. The predicted octanol–water partition coefficient (Wildman–Crippen LogP) is 5.54. The third kappa shape index (κ3) is 5.88. The minimum atomic E-state index is -1.68. The van der Waals surface area contributed by atoms with Gasteiger partial charge in [-0.2, -0.15) is 0 Å². The Morgan fingerprint density at radius 2 is 1.47 bits per heavy atom. The molecule has 0 radical (unpaired) electrons. The fourth-order valence-corrected chi connectivity index (χ4v) is 3.64. The Morgan fingerprint density at radius 3 is 2.06 bits per heavy atom. The second-order valence-electron chi connectivity index (χ2n) is 6.83. The first-order chi connectivity index (χ1) is 15.2. The van der Waals surface area contributed by atoms with Crippen molar-refractivity contribution in [2.24, 2.45) is 0 Å². The highest BCUT2D eigenvalue weighted by molar-refractivity contribution is 8.00. The molecule has 0 saturated carbocycles. The molecule has 0 heterocycles. The van der Waals surface area contributed by atoms with Gasteiger partial charge in [-0.25, -0.2) is 17.6 Å². The number of nitrogens with one attached hydrogen (secondary N) is 2. The summed E-state index contributed by atoms with van der Waals surface area (Å²) in [7, 11) is 0. The van der Waals surface area contributed by atoms with Crippen LogP contribution >= 0.6 is 11.8 Å². The van der Waals surface area contributed by atoms with E-state index in [1.54, 1.807) is 24.3 Å². The molecule has 3 aromatic rings. The van der Waals surface area contributed by atoms with Crippen molar-refractivity contribution in [3.05, 3.63) is 89.5 Å². The van der Waals surface area contributed by atoms with E-state index in [-0.39, 0.29) is 18.4 Å². The Labute approximate surface area is 186 Å². The Bertz CT molecular complexity index is 1100. The van der Waals surface area contributed by atoms with Crippen LogP contribution in [0, 0.1) is 23.3 Å². The lowest BCUT2D eigenvalue weighted by atomic mass is 10.1. The number of hydrogen-bond acceptors (Lipinski definition) is 3. The van der Waals surface area contributed by atoms with E-state index in [1.807, 2.05) is 35.6 Å². The number of rotatable bonds is 7. The van der Waals surface area contributed by atoms with Crippen LogP contribution in [0.2, 0.25) is 0 Å². The lowest BCUT2D eigenvalue weighted by Gasteiger charge is -2.14. The number of anilines is 2. The summed E-state index contributed by atoms with van der Waals surface area (Å²) in [6.07, 6.45) is 0.225. The van der Waals surface area contributed by atoms with E-state index in [1.165, 1.54) is 6.92 Å². The van der Waals surface area contributed by atoms with E-state index >= 15 is 0 Å². The SMILES string of the molecule is CC(Sc1ccc(NC(=O)Cc2ccccc2)cc1)C(=O)Nc1c(F)c(F)cc(F)c1F. The zero-order valence-corrected chi connectivity index (χ0v) is 17.6. The zero-order chi connectivity index (χ0) is 23.3. The molecular weight excluding hydrogens is 444 g/mol. The first-order valence-corrected chi connectivity index (χ1v) is 10.4. The lowest BCUT2D eigenvalue weighted by Crippen LogP contribution is -2.24. The van der Waals surface area contributed by atoms with Gasteiger partial charge >= 0.3 is 0 Å². The van der Waals surface area contributed by atoms with Gasteiger partial charge in [0.1, 0.15) is 5.69 Å². The molecule has 2 amide bonds. The Morgan fingerprint density at radius 1 is 0.875 bits per heavy atom. The van der Waals surface area contributed by atoms with Crippen LogP contribution in [-0.2, 0) is 16.0 Å². The second-order valence-corrected chi connectivity index (χ2v) is 8.24. The number of carbonyl (C=O) groups excluding carboxylic acids is 2. The highest BCUT2D eigenvalue weighted by Crippen LogP contribution is 2.28. The molecule has 3 aromatic carbocycles. The molecule has 1 unspecified atom stereocenters. The lowest BCUT2D eigenvalue weighted by molar-refractivity contribution is -0.116. The van der Waals surface area contributed by atoms with Gasteiger partial charge in [0.25, 0.3) is 0 Å². The molecule has 0 aliphatic carbocycles. The fraction of sp³-hybridized carbons (Fsp3) is 0.130. The second kappa shape index (κ2) is 10.3. The molecule has 3 rings (SSSR count). The molecule has 32 heavy (non-hydrogen) atoms. The van der Waals surface area contributed by atoms with Crippen molar-refractivity contribution >= 4 is 35.0 Å². The van der Waals surface area contributed by atoms with Gasteiger partial charge in [0.05, 0.1) is 11.7 Å². The maximum absolute atomic E-state index is 13.7. The highest BCUT2D eigenvalue weighted by atomic mass is 32.2. The van der Waals surface area contributed by atoms with Crippen LogP contribution in [0.3, 0.4) is 0 Å². The summed E-state index contributed by atoms with van der Waals surface area (Å²) in [4.78, 5) is 25.0. The van der Waals surface area contributed by atoms with E-state index in [9.17, 15) is 27.2 Å². The van der Waals surface area contributed by atoms with Gasteiger partial charge in [-0.05, 0) is 36.8 Å². The van der Waals surface area contributed by atoms with Crippen molar-refractivity contribution in [1.82, 2.24) is 0 Å². The molecule has 9 heteroatoms. The minimum Gasteiger partial charge on any atom is -0.326 e. The molecule has 4 nitrogen and oxygen atoms in total. The summed E-state index contributed by atoms with van der Waals surface area (Å²) < 4.78 is 54.1. The smallest absolute Gasteiger partial charge is 0.237 e. The van der Waals surface area contributed by atoms with Crippen LogP contribution in [0.15, 0.2) is 65.6 Å². The summed E-state index contributed by atoms with van der Waals surface area (Å²) in [5, 5.41) is 3.83. The largest absolute Gasteiger partial charge is 0.326 e. The Hall–Kier alpha value is -3.33. The van der Waals surface area contributed by atoms with Crippen molar-refractivity contribution in [3.8, 4) is 0 Å². The summed E-state index contributed by atoms with van der Waals surface area (Å²) >= 11 is 1.06. The van der Waals surface area contributed by atoms with Gasteiger partial charge in [0, 0.05) is 16.6 Å². The van der Waals surface area contributed by atoms with Crippen molar-refractivity contribution in [3.63, 3.8) is 0 Å². The van der Waals surface area contributed by atoms with Gasteiger partial charge < -0.3 is 10.6 Å². The summed E-state index contributed by atoms with van der Waals surface area (Å²) in [5.74, 6) is -7.59. The summed E-state index contributed by atoms with van der Waals surface area (Å²) in [5.41, 5.74) is 0.270. The monoisotopic (exact) mass is 462 g/mol. The molecule has 0 saturated heterocycles. The minimum absolute atomic E-state index is 0.0681. The van der Waals surface area contributed by atoms with Gasteiger partial charge in [-0.3, -0.25) is 9.59 Å². The standard InChI is InChI=1S/C23H18F4N2O2S/c1-13(23(31)29-22-20(26)17(24)12-18(25)21(22)27)32-16-9-7-15(8-10-16)28-19(30)11-14-5-3-2-4-6-14/h2-10,12-13H,11H2,1H3,(H,28,30)(H,29,31). The number of amides is 2. The Kier molecular flexibility index (Phi) is 7.53. The molecule has 0 spiro atoms. The molecule has 0 aliphatic heterocycles. The number of halogens is 4. The number of thioether (sulfide) groups is 1. The number of hydrogen-bond donors (Lipinski definition) is 2. The van der Waals surface area contributed by atoms with E-state index < -0.39 is 40.1 Å². The Balaban J connectivity index is 1.58.